The first-order valence-electron chi connectivity index (χ1n) is 5.01. The molecule has 1 nitrogen and oxygen atoms in total. The van der Waals surface area contributed by atoms with Crippen LogP contribution in [-0.4, -0.2) is 12.3 Å². The van der Waals surface area contributed by atoms with Crippen LogP contribution in [0.3, 0.4) is 0 Å². The Balaban J connectivity index is 2.01. The summed E-state index contributed by atoms with van der Waals surface area (Å²) in [5.74, 6) is 0. The molecule has 0 bridgehead atoms. The molecule has 1 aliphatic heterocycles. The molecule has 0 saturated heterocycles. The molecular formula is C12H15N. The zero-order valence-electron chi connectivity index (χ0n) is 7.87. The van der Waals surface area contributed by atoms with Crippen molar-refractivity contribution in [1.82, 2.24) is 0 Å². The molecule has 1 aromatic rings. The largest absolute Gasteiger partial charge is 0.294 e. The van der Waals surface area contributed by atoms with E-state index >= 15 is 0 Å². The van der Waals surface area contributed by atoms with Crippen LogP contribution in [0.5, 0.6) is 0 Å². The summed E-state index contributed by atoms with van der Waals surface area (Å²) in [6.45, 7) is 1.04. The molecule has 0 radical (unpaired) electrons. The van der Waals surface area contributed by atoms with E-state index in [-0.39, 0.29) is 0 Å². The van der Waals surface area contributed by atoms with E-state index in [2.05, 4.69) is 35.3 Å². The highest BCUT2D eigenvalue weighted by atomic mass is 14.7. The monoisotopic (exact) mass is 173 g/mol. The second-order valence-corrected chi connectivity index (χ2v) is 3.57. The molecule has 0 N–H and O–H groups in total. The summed E-state index contributed by atoms with van der Waals surface area (Å²) in [5.41, 5.74) is 2.78. The summed E-state index contributed by atoms with van der Waals surface area (Å²) in [6, 6.07) is 10.6. The molecule has 13 heavy (non-hydrogen) atoms. The quantitative estimate of drug-likeness (QED) is 0.652. The van der Waals surface area contributed by atoms with E-state index in [1.165, 1.54) is 30.5 Å². The number of aliphatic imine (C=N–C) groups is 1. The van der Waals surface area contributed by atoms with E-state index in [4.69, 9.17) is 0 Å². The maximum atomic E-state index is 4.54. The summed E-state index contributed by atoms with van der Waals surface area (Å²) >= 11 is 0. The van der Waals surface area contributed by atoms with Gasteiger partial charge in [0.1, 0.15) is 0 Å². The van der Waals surface area contributed by atoms with Crippen LogP contribution in [0.1, 0.15) is 24.8 Å². The standard InChI is InChI=1S/C12H15N/c1-2-6-11(7-3-1)10-12-8-4-5-9-13-12/h1-3,6-7H,4-5,8-10H2. The van der Waals surface area contributed by atoms with Crippen molar-refractivity contribution >= 4 is 5.71 Å². The molecule has 68 valence electrons. The molecule has 0 aliphatic carbocycles. The van der Waals surface area contributed by atoms with Gasteiger partial charge in [0.25, 0.3) is 0 Å². The Morgan fingerprint density at radius 3 is 2.62 bits per heavy atom. The van der Waals surface area contributed by atoms with Gasteiger partial charge in [0.05, 0.1) is 0 Å². The van der Waals surface area contributed by atoms with Gasteiger partial charge in [-0.3, -0.25) is 4.99 Å². The van der Waals surface area contributed by atoms with E-state index in [0.29, 0.717) is 0 Å². The Labute approximate surface area is 79.5 Å². The molecule has 1 aliphatic rings. The maximum absolute atomic E-state index is 4.54. The lowest BCUT2D eigenvalue weighted by Gasteiger charge is -2.11. The van der Waals surface area contributed by atoms with Crippen molar-refractivity contribution in [3.8, 4) is 0 Å². The van der Waals surface area contributed by atoms with Crippen LogP contribution in [-0.2, 0) is 6.42 Å². The van der Waals surface area contributed by atoms with Crippen molar-refractivity contribution in [1.29, 1.82) is 0 Å². The van der Waals surface area contributed by atoms with Crippen LogP contribution in [0.25, 0.3) is 0 Å². The zero-order valence-corrected chi connectivity index (χ0v) is 7.87. The molecular weight excluding hydrogens is 158 g/mol. The molecule has 2 rings (SSSR count). The number of hydrogen-bond donors (Lipinski definition) is 0. The normalized spacial score (nSPS) is 16.8. The van der Waals surface area contributed by atoms with E-state index in [1.807, 2.05) is 0 Å². The van der Waals surface area contributed by atoms with Gasteiger partial charge < -0.3 is 0 Å². The van der Waals surface area contributed by atoms with Gasteiger partial charge in [-0.25, -0.2) is 0 Å². The second-order valence-electron chi connectivity index (χ2n) is 3.57. The lowest BCUT2D eigenvalue weighted by atomic mass is 10.0. The minimum Gasteiger partial charge on any atom is -0.294 e. The molecule has 0 fully saturated rings. The van der Waals surface area contributed by atoms with Crippen LogP contribution in [0, 0.1) is 0 Å². The topological polar surface area (TPSA) is 12.4 Å². The van der Waals surface area contributed by atoms with Crippen LogP contribution in [0.2, 0.25) is 0 Å². The number of hydrogen-bond acceptors (Lipinski definition) is 1. The third-order valence-electron chi connectivity index (χ3n) is 2.46. The molecule has 0 aromatic heterocycles. The predicted molar refractivity (Wildman–Crippen MR) is 56.3 cm³/mol. The van der Waals surface area contributed by atoms with Gasteiger partial charge >= 0.3 is 0 Å². The zero-order chi connectivity index (χ0) is 8.93. The van der Waals surface area contributed by atoms with Crippen molar-refractivity contribution in [3.63, 3.8) is 0 Å². The van der Waals surface area contributed by atoms with E-state index in [0.717, 1.165) is 13.0 Å². The highest BCUT2D eigenvalue weighted by Crippen LogP contribution is 2.10. The fourth-order valence-electron chi connectivity index (χ4n) is 1.73. The number of rotatable bonds is 2. The Bertz CT molecular complexity index is 287. The first kappa shape index (κ1) is 8.49. The smallest absolute Gasteiger partial charge is 0.0388 e. The summed E-state index contributed by atoms with van der Waals surface area (Å²) in [7, 11) is 0. The molecule has 0 spiro atoms. The maximum Gasteiger partial charge on any atom is 0.0388 e. The van der Waals surface area contributed by atoms with Crippen LogP contribution >= 0.6 is 0 Å². The number of nitrogens with zero attached hydrogens (tertiary/aromatic N) is 1. The van der Waals surface area contributed by atoms with Gasteiger partial charge in [0.2, 0.25) is 0 Å². The Hall–Kier alpha value is -1.11. The first-order chi connectivity index (χ1) is 6.45. The van der Waals surface area contributed by atoms with E-state index < -0.39 is 0 Å². The third-order valence-corrected chi connectivity index (χ3v) is 2.46. The number of benzene rings is 1. The minimum absolute atomic E-state index is 1.04. The van der Waals surface area contributed by atoms with Gasteiger partial charge in [-0.05, 0) is 24.8 Å². The highest BCUT2D eigenvalue weighted by molar-refractivity contribution is 5.86. The molecule has 0 atom stereocenters. The van der Waals surface area contributed by atoms with Crippen molar-refractivity contribution in [2.45, 2.75) is 25.7 Å². The summed E-state index contributed by atoms with van der Waals surface area (Å²) in [5, 5.41) is 0. The van der Waals surface area contributed by atoms with E-state index in [1.54, 1.807) is 0 Å². The molecule has 0 unspecified atom stereocenters. The van der Waals surface area contributed by atoms with Crippen molar-refractivity contribution in [2.24, 2.45) is 4.99 Å². The van der Waals surface area contributed by atoms with Gasteiger partial charge in [-0.15, -0.1) is 0 Å². The second kappa shape index (κ2) is 4.22. The van der Waals surface area contributed by atoms with Crippen LogP contribution in [0.4, 0.5) is 0 Å². The highest BCUT2D eigenvalue weighted by Gasteiger charge is 2.05. The lowest BCUT2D eigenvalue weighted by molar-refractivity contribution is 0.730. The summed E-state index contributed by atoms with van der Waals surface area (Å²) < 4.78 is 0. The average molecular weight is 173 g/mol. The molecule has 1 aromatic carbocycles. The van der Waals surface area contributed by atoms with Gasteiger partial charge in [0.15, 0.2) is 0 Å². The van der Waals surface area contributed by atoms with Crippen molar-refractivity contribution in [3.05, 3.63) is 35.9 Å². The van der Waals surface area contributed by atoms with Gasteiger partial charge in [-0.1, -0.05) is 30.3 Å². The van der Waals surface area contributed by atoms with Gasteiger partial charge in [0, 0.05) is 18.7 Å². The molecule has 1 heteroatoms. The first-order valence-corrected chi connectivity index (χ1v) is 5.01. The predicted octanol–water partition coefficient (Wildman–Crippen LogP) is 2.85. The van der Waals surface area contributed by atoms with E-state index in [9.17, 15) is 0 Å². The average Bonchev–Trinajstić information content (AvgIpc) is 2.21. The Morgan fingerprint density at radius 2 is 1.92 bits per heavy atom. The lowest BCUT2D eigenvalue weighted by Crippen LogP contribution is -2.08. The summed E-state index contributed by atoms with van der Waals surface area (Å²) in [6.07, 6.45) is 4.86. The SMILES string of the molecule is c1ccc(CC2=NCCCC2)cc1. The molecule has 0 amide bonds. The van der Waals surface area contributed by atoms with Crippen LogP contribution < -0.4 is 0 Å². The van der Waals surface area contributed by atoms with Crippen molar-refractivity contribution < 1.29 is 0 Å². The molecule has 0 saturated carbocycles. The van der Waals surface area contributed by atoms with Gasteiger partial charge in [-0.2, -0.15) is 0 Å². The summed E-state index contributed by atoms with van der Waals surface area (Å²) in [4.78, 5) is 4.54. The molecule has 1 heterocycles. The fraction of sp³-hybridized carbons (Fsp3) is 0.417. The Kier molecular flexibility index (Phi) is 2.75. The Morgan fingerprint density at radius 1 is 1.08 bits per heavy atom. The van der Waals surface area contributed by atoms with Crippen LogP contribution in [0.15, 0.2) is 35.3 Å². The minimum atomic E-state index is 1.04. The fourth-order valence-corrected chi connectivity index (χ4v) is 1.73. The third kappa shape index (κ3) is 2.41. The van der Waals surface area contributed by atoms with Crippen molar-refractivity contribution in [2.75, 3.05) is 6.54 Å².